The average Bonchev–Trinajstić information content (AvgIpc) is 2.58. The van der Waals surface area contributed by atoms with Crippen LogP contribution in [0.15, 0.2) is 29.1 Å². The molecule has 0 aliphatic rings. The van der Waals surface area contributed by atoms with E-state index in [0.717, 1.165) is 0 Å². The average molecular weight is 393 g/mol. The van der Waals surface area contributed by atoms with Crippen molar-refractivity contribution in [1.82, 2.24) is 9.88 Å². The molecule has 1 amide bonds. The minimum atomic E-state index is -1.25. The number of pyridine rings is 1. The molecule has 0 saturated heterocycles. The van der Waals surface area contributed by atoms with E-state index >= 15 is 0 Å². The van der Waals surface area contributed by atoms with Crippen LogP contribution in [0.25, 0.3) is 0 Å². The number of benzene rings is 1. The number of amides is 1. The van der Waals surface area contributed by atoms with Crippen LogP contribution in [0.3, 0.4) is 0 Å². The molecule has 0 aliphatic heterocycles. The fourth-order valence-corrected chi connectivity index (χ4v) is 3.16. The van der Waals surface area contributed by atoms with Gasteiger partial charge in [-0.25, -0.2) is 0 Å². The van der Waals surface area contributed by atoms with E-state index in [4.69, 9.17) is 16.7 Å². The third-order valence-corrected chi connectivity index (χ3v) is 4.61. The fraction of sp³-hybridized carbons (Fsp3) is 0.316. The van der Waals surface area contributed by atoms with Crippen molar-refractivity contribution in [3.8, 4) is 5.75 Å². The lowest BCUT2D eigenvalue weighted by atomic mass is 9.97. The molecule has 2 rings (SSSR count). The third-order valence-electron chi connectivity index (χ3n) is 4.24. The fourth-order valence-electron chi connectivity index (χ4n) is 2.97. The highest BCUT2D eigenvalue weighted by atomic mass is 35.5. The highest BCUT2D eigenvalue weighted by Gasteiger charge is 2.26. The summed E-state index contributed by atoms with van der Waals surface area (Å²) in [7, 11) is 0. The van der Waals surface area contributed by atoms with Crippen molar-refractivity contribution in [2.24, 2.45) is 0 Å². The molecular formula is C19H21ClN2O5. The predicted octanol–water partition coefficient (Wildman–Crippen LogP) is 2.50. The van der Waals surface area contributed by atoms with Crippen molar-refractivity contribution in [2.75, 3.05) is 6.54 Å². The summed E-state index contributed by atoms with van der Waals surface area (Å²) in [5, 5.41) is 21.9. The van der Waals surface area contributed by atoms with Crippen molar-refractivity contribution in [2.45, 2.75) is 33.2 Å². The van der Waals surface area contributed by atoms with Crippen LogP contribution in [0, 0.1) is 6.92 Å². The molecule has 3 N–H and O–H groups in total. The first-order valence-electron chi connectivity index (χ1n) is 8.34. The zero-order valence-corrected chi connectivity index (χ0v) is 16.0. The Morgan fingerprint density at radius 1 is 1.26 bits per heavy atom. The molecule has 1 aromatic heterocycles. The second-order valence-corrected chi connectivity index (χ2v) is 6.84. The van der Waals surface area contributed by atoms with Gasteiger partial charge < -0.3 is 20.1 Å². The lowest BCUT2D eigenvalue weighted by Gasteiger charge is -2.20. The Bertz CT molecular complexity index is 950. The van der Waals surface area contributed by atoms with Crippen molar-refractivity contribution in [3.63, 3.8) is 0 Å². The zero-order valence-electron chi connectivity index (χ0n) is 15.2. The van der Waals surface area contributed by atoms with Gasteiger partial charge >= 0.3 is 5.97 Å². The number of hydrogen-bond acceptors (Lipinski definition) is 4. The number of hydrogen-bond donors (Lipinski definition) is 3. The highest BCUT2D eigenvalue weighted by Crippen LogP contribution is 2.31. The Labute approximate surface area is 161 Å². The Hall–Kier alpha value is -2.80. The van der Waals surface area contributed by atoms with Crippen LogP contribution in [0.4, 0.5) is 0 Å². The summed E-state index contributed by atoms with van der Waals surface area (Å²) in [6.07, 6.45) is 0. The molecule has 1 aromatic carbocycles. The summed E-state index contributed by atoms with van der Waals surface area (Å²) in [6, 6.07) is 7.01. The Morgan fingerprint density at radius 2 is 1.89 bits per heavy atom. The van der Waals surface area contributed by atoms with Gasteiger partial charge in [-0.2, -0.15) is 0 Å². The van der Waals surface area contributed by atoms with Crippen molar-refractivity contribution >= 4 is 23.5 Å². The van der Waals surface area contributed by atoms with Gasteiger partial charge in [0.15, 0.2) is 0 Å². The highest BCUT2D eigenvalue weighted by molar-refractivity contribution is 6.31. The maximum atomic E-state index is 12.9. The molecule has 0 fully saturated rings. The number of aromatic nitrogens is 1. The number of aliphatic carboxylic acids is 1. The molecule has 0 spiro atoms. The molecule has 0 bridgehead atoms. The van der Waals surface area contributed by atoms with Gasteiger partial charge in [-0.15, -0.1) is 0 Å². The van der Waals surface area contributed by atoms with Crippen LogP contribution in [-0.2, 0) is 11.3 Å². The van der Waals surface area contributed by atoms with Gasteiger partial charge in [0.1, 0.15) is 17.9 Å². The molecule has 0 atom stereocenters. The Balaban J connectivity index is 2.66. The topological polar surface area (TPSA) is 109 Å². The first-order valence-corrected chi connectivity index (χ1v) is 8.72. The number of carbonyl (C=O) groups excluding carboxylic acids is 1. The lowest BCUT2D eigenvalue weighted by Crippen LogP contribution is -2.37. The molecule has 2 aromatic rings. The van der Waals surface area contributed by atoms with E-state index in [1.165, 1.54) is 4.57 Å². The minimum Gasteiger partial charge on any atom is -0.507 e. The standard InChI is InChI=1S/C19H21ClN2O5/c1-10(2)15-11(3)22(9-12-6-4-5-7-13(12)20)19(27)16(17(15)25)18(26)21-8-14(23)24/h4-7,10,25H,8-9H2,1-3H3,(H,21,26)(H,23,24). The van der Waals surface area contributed by atoms with Crippen LogP contribution in [0.2, 0.25) is 5.02 Å². The molecule has 1 heterocycles. The molecule has 8 heteroatoms. The number of carboxylic acid groups (broad SMARTS) is 1. The van der Waals surface area contributed by atoms with Crippen LogP contribution in [-0.4, -0.2) is 33.2 Å². The largest absolute Gasteiger partial charge is 0.507 e. The zero-order chi connectivity index (χ0) is 20.3. The van der Waals surface area contributed by atoms with Crippen LogP contribution in [0.5, 0.6) is 5.75 Å². The van der Waals surface area contributed by atoms with E-state index in [1.807, 2.05) is 13.8 Å². The summed E-state index contributed by atoms with van der Waals surface area (Å²) in [6.45, 7) is 4.79. The van der Waals surface area contributed by atoms with Gasteiger partial charge in [-0.1, -0.05) is 43.6 Å². The lowest BCUT2D eigenvalue weighted by molar-refractivity contribution is -0.135. The maximum Gasteiger partial charge on any atom is 0.322 e. The molecule has 27 heavy (non-hydrogen) atoms. The summed E-state index contributed by atoms with van der Waals surface area (Å²) in [5.41, 5.74) is 0.459. The van der Waals surface area contributed by atoms with Crippen molar-refractivity contribution in [3.05, 3.63) is 62.0 Å². The van der Waals surface area contributed by atoms with E-state index in [2.05, 4.69) is 5.32 Å². The smallest absolute Gasteiger partial charge is 0.322 e. The van der Waals surface area contributed by atoms with E-state index < -0.39 is 35.3 Å². The number of rotatable bonds is 6. The van der Waals surface area contributed by atoms with Gasteiger partial charge in [0.2, 0.25) is 0 Å². The molecule has 0 unspecified atom stereocenters. The first kappa shape index (κ1) is 20.5. The first-order chi connectivity index (χ1) is 12.6. The number of nitrogens with zero attached hydrogens (tertiary/aromatic N) is 1. The second-order valence-electron chi connectivity index (χ2n) is 6.44. The van der Waals surface area contributed by atoms with Gasteiger partial charge in [0.25, 0.3) is 11.5 Å². The summed E-state index contributed by atoms with van der Waals surface area (Å²) >= 11 is 6.19. The predicted molar refractivity (Wildman–Crippen MR) is 102 cm³/mol. The summed E-state index contributed by atoms with van der Waals surface area (Å²) in [5.74, 6) is -2.79. The van der Waals surface area contributed by atoms with Gasteiger partial charge in [0.05, 0.1) is 6.54 Å². The summed E-state index contributed by atoms with van der Waals surface area (Å²) < 4.78 is 1.37. The molecular weight excluding hydrogens is 372 g/mol. The Kier molecular flexibility index (Phi) is 6.28. The number of aromatic hydroxyl groups is 1. The van der Waals surface area contributed by atoms with Gasteiger partial charge in [-0.3, -0.25) is 14.4 Å². The van der Waals surface area contributed by atoms with Crippen LogP contribution >= 0.6 is 11.6 Å². The van der Waals surface area contributed by atoms with Crippen LogP contribution in [0.1, 0.15) is 46.9 Å². The van der Waals surface area contributed by atoms with Gasteiger partial charge in [-0.05, 0) is 24.5 Å². The molecule has 144 valence electrons. The molecule has 7 nitrogen and oxygen atoms in total. The van der Waals surface area contributed by atoms with Crippen LogP contribution < -0.4 is 10.9 Å². The monoisotopic (exact) mass is 392 g/mol. The normalized spacial score (nSPS) is 10.9. The minimum absolute atomic E-state index is 0.115. The Morgan fingerprint density at radius 3 is 2.44 bits per heavy atom. The van der Waals surface area contributed by atoms with Gasteiger partial charge in [0, 0.05) is 16.3 Å². The van der Waals surface area contributed by atoms with E-state index in [-0.39, 0.29) is 12.5 Å². The number of carbonyl (C=O) groups is 2. The summed E-state index contributed by atoms with van der Waals surface area (Å²) in [4.78, 5) is 36.0. The second kappa shape index (κ2) is 8.26. The third kappa shape index (κ3) is 4.31. The number of nitrogens with one attached hydrogen (secondary N) is 1. The SMILES string of the molecule is Cc1c(C(C)C)c(O)c(C(=O)NCC(=O)O)c(=O)n1Cc1ccccc1Cl. The number of carboxylic acids is 1. The molecule has 0 saturated carbocycles. The van der Waals surface area contributed by atoms with E-state index in [9.17, 15) is 19.5 Å². The molecule has 0 aliphatic carbocycles. The quantitative estimate of drug-likeness (QED) is 0.699. The van der Waals surface area contributed by atoms with E-state index in [0.29, 0.717) is 21.8 Å². The van der Waals surface area contributed by atoms with Crippen molar-refractivity contribution < 1.29 is 19.8 Å². The number of halogens is 1. The maximum absolute atomic E-state index is 12.9. The molecule has 0 radical (unpaired) electrons. The van der Waals surface area contributed by atoms with E-state index in [1.54, 1.807) is 31.2 Å². The van der Waals surface area contributed by atoms with Crippen molar-refractivity contribution in [1.29, 1.82) is 0 Å².